The molecule has 0 bridgehead atoms. The van der Waals surface area contributed by atoms with Gasteiger partial charge in [0.15, 0.2) is 10.4 Å². The van der Waals surface area contributed by atoms with Gasteiger partial charge in [-0.15, -0.1) is 0 Å². The van der Waals surface area contributed by atoms with Crippen LogP contribution in [0, 0.1) is 11.8 Å². The van der Waals surface area contributed by atoms with Gasteiger partial charge in [0, 0.05) is 20.1 Å². The fourth-order valence-corrected chi connectivity index (χ4v) is 3.17. The molecule has 1 aliphatic heterocycles. The number of halogens is 1. The summed E-state index contributed by atoms with van der Waals surface area (Å²) in [6.45, 7) is 5.95. The van der Waals surface area contributed by atoms with Gasteiger partial charge in [0.25, 0.3) is 5.91 Å². The zero-order valence-electron chi connectivity index (χ0n) is 12.6. The Morgan fingerprint density at radius 1 is 1.33 bits per heavy atom. The predicted octanol–water partition coefficient (Wildman–Crippen LogP) is 2.62. The first-order valence-corrected chi connectivity index (χ1v) is 7.94. The Labute approximate surface area is 133 Å². The van der Waals surface area contributed by atoms with Gasteiger partial charge in [-0.3, -0.25) is 9.59 Å². The van der Waals surface area contributed by atoms with Crippen molar-refractivity contribution >= 4 is 27.7 Å². The number of carbonyl (C=O) groups is 2. The number of rotatable bonds is 3. The minimum Gasteiger partial charge on any atom is -0.444 e. The van der Waals surface area contributed by atoms with Gasteiger partial charge in [-0.2, -0.15) is 0 Å². The number of nitrogens with zero attached hydrogens (tertiary/aromatic N) is 2. The summed E-state index contributed by atoms with van der Waals surface area (Å²) in [6.07, 6.45) is 1.15. The van der Waals surface area contributed by atoms with Crippen molar-refractivity contribution < 1.29 is 14.0 Å². The van der Waals surface area contributed by atoms with Crippen LogP contribution in [0.2, 0.25) is 0 Å². The number of likely N-dealkylation sites (N-methyl/N-ethyl adjacent to an activating group) is 1. The lowest BCUT2D eigenvalue weighted by molar-refractivity contribution is -0.134. The zero-order valence-corrected chi connectivity index (χ0v) is 14.2. The molecule has 2 amide bonds. The molecule has 0 saturated carbocycles. The van der Waals surface area contributed by atoms with Crippen LogP contribution < -0.4 is 0 Å². The molecule has 0 spiro atoms. The van der Waals surface area contributed by atoms with E-state index in [0.29, 0.717) is 16.5 Å². The Bertz CT molecular complexity index is 519. The lowest BCUT2D eigenvalue weighted by Crippen LogP contribution is -2.47. The molecule has 0 aliphatic carbocycles. The molecule has 2 heterocycles. The van der Waals surface area contributed by atoms with Gasteiger partial charge < -0.3 is 14.2 Å². The quantitative estimate of drug-likeness (QED) is 0.836. The molecule has 2 unspecified atom stereocenters. The molecule has 0 aromatic carbocycles. The summed E-state index contributed by atoms with van der Waals surface area (Å²) in [7, 11) is 1.62. The third kappa shape index (κ3) is 4.09. The Morgan fingerprint density at radius 3 is 2.48 bits per heavy atom. The van der Waals surface area contributed by atoms with Crippen molar-refractivity contribution in [3.05, 3.63) is 22.6 Å². The van der Waals surface area contributed by atoms with Crippen molar-refractivity contribution in [2.75, 3.05) is 26.7 Å². The number of hydrogen-bond donors (Lipinski definition) is 0. The van der Waals surface area contributed by atoms with Gasteiger partial charge in [0.2, 0.25) is 5.91 Å². The Balaban J connectivity index is 1.94. The molecule has 1 fully saturated rings. The van der Waals surface area contributed by atoms with E-state index in [-0.39, 0.29) is 24.1 Å². The Kier molecular flexibility index (Phi) is 5.08. The third-order valence-electron chi connectivity index (χ3n) is 3.72. The Morgan fingerprint density at radius 2 is 1.95 bits per heavy atom. The fourth-order valence-electron chi connectivity index (χ4n) is 2.86. The highest BCUT2D eigenvalue weighted by molar-refractivity contribution is 9.10. The standard InChI is InChI=1S/C15H21BrN2O3/c1-10-6-11(2)8-18(7-10)14(19)9-17(3)15(20)12-4-5-13(16)21-12/h4-5,10-11H,6-9H2,1-3H3. The largest absolute Gasteiger partial charge is 0.444 e. The lowest BCUT2D eigenvalue weighted by atomic mass is 9.92. The number of hydrogen-bond acceptors (Lipinski definition) is 3. The molecule has 6 heteroatoms. The first-order chi connectivity index (χ1) is 9.86. The summed E-state index contributed by atoms with van der Waals surface area (Å²) in [6, 6.07) is 3.26. The highest BCUT2D eigenvalue weighted by atomic mass is 79.9. The average molecular weight is 357 g/mol. The average Bonchev–Trinajstić information content (AvgIpc) is 2.83. The van der Waals surface area contributed by atoms with Gasteiger partial charge in [0.05, 0.1) is 6.54 Å². The minimum absolute atomic E-state index is 0.00475. The second-order valence-electron chi connectivity index (χ2n) is 6.01. The number of furan rings is 1. The molecule has 2 atom stereocenters. The molecule has 1 aromatic rings. The van der Waals surface area contributed by atoms with Crippen LogP contribution in [-0.2, 0) is 4.79 Å². The van der Waals surface area contributed by atoms with Crippen molar-refractivity contribution in [1.82, 2.24) is 9.80 Å². The molecule has 1 aromatic heterocycles. The van der Waals surface area contributed by atoms with Crippen LogP contribution in [0.1, 0.15) is 30.8 Å². The summed E-state index contributed by atoms with van der Waals surface area (Å²) in [5.74, 6) is 0.971. The topological polar surface area (TPSA) is 53.8 Å². The third-order valence-corrected chi connectivity index (χ3v) is 4.15. The van der Waals surface area contributed by atoms with E-state index >= 15 is 0 Å². The number of likely N-dealkylation sites (tertiary alicyclic amines) is 1. The molecule has 2 rings (SSSR count). The van der Waals surface area contributed by atoms with E-state index in [4.69, 9.17) is 4.42 Å². The molecule has 0 radical (unpaired) electrons. The van der Waals surface area contributed by atoms with Crippen LogP contribution in [0.15, 0.2) is 21.2 Å². The monoisotopic (exact) mass is 356 g/mol. The summed E-state index contributed by atoms with van der Waals surface area (Å²) in [4.78, 5) is 27.7. The van der Waals surface area contributed by atoms with Gasteiger partial charge in [-0.05, 0) is 46.3 Å². The SMILES string of the molecule is CC1CC(C)CN(C(=O)CN(C)C(=O)c2ccc(Br)o2)C1. The van der Waals surface area contributed by atoms with Gasteiger partial charge >= 0.3 is 0 Å². The van der Waals surface area contributed by atoms with E-state index in [1.54, 1.807) is 19.2 Å². The maximum atomic E-state index is 12.3. The van der Waals surface area contributed by atoms with Crippen molar-refractivity contribution in [3.8, 4) is 0 Å². The summed E-state index contributed by atoms with van der Waals surface area (Å²) in [5, 5.41) is 0. The highest BCUT2D eigenvalue weighted by Crippen LogP contribution is 2.21. The molecular formula is C15H21BrN2O3. The van der Waals surface area contributed by atoms with Crippen molar-refractivity contribution in [1.29, 1.82) is 0 Å². The molecule has 0 N–H and O–H groups in total. The van der Waals surface area contributed by atoms with Crippen LogP contribution in [0.25, 0.3) is 0 Å². The van der Waals surface area contributed by atoms with E-state index in [9.17, 15) is 9.59 Å². The normalized spacial score (nSPS) is 22.2. The van der Waals surface area contributed by atoms with E-state index in [1.165, 1.54) is 4.90 Å². The fraction of sp³-hybridized carbons (Fsp3) is 0.600. The maximum absolute atomic E-state index is 12.3. The molecule has 1 aliphatic rings. The summed E-state index contributed by atoms with van der Waals surface area (Å²) < 4.78 is 5.73. The first kappa shape index (κ1) is 16.1. The number of carbonyl (C=O) groups excluding carboxylic acids is 2. The highest BCUT2D eigenvalue weighted by Gasteiger charge is 2.27. The molecule has 116 valence electrons. The van der Waals surface area contributed by atoms with Crippen molar-refractivity contribution in [2.24, 2.45) is 11.8 Å². The molecule has 1 saturated heterocycles. The molecular weight excluding hydrogens is 336 g/mol. The van der Waals surface area contributed by atoms with Crippen molar-refractivity contribution in [2.45, 2.75) is 20.3 Å². The predicted molar refractivity (Wildman–Crippen MR) is 82.9 cm³/mol. The van der Waals surface area contributed by atoms with Crippen LogP contribution in [0.3, 0.4) is 0 Å². The van der Waals surface area contributed by atoms with E-state index in [2.05, 4.69) is 29.8 Å². The second-order valence-corrected chi connectivity index (χ2v) is 6.79. The van der Waals surface area contributed by atoms with E-state index in [1.807, 2.05) is 4.90 Å². The van der Waals surface area contributed by atoms with Gasteiger partial charge in [-0.25, -0.2) is 0 Å². The lowest BCUT2D eigenvalue weighted by Gasteiger charge is -2.35. The van der Waals surface area contributed by atoms with Gasteiger partial charge in [-0.1, -0.05) is 13.8 Å². The van der Waals surface area contributed by atoms with E-state index in [0.717, 1.165) is 19.5 Å². The maximum Gasteiger partial charge on any atom is 0.289 e. The summed E-state index contributed by atoms with van der Waals surface area (Å²) >= 11 is 3.16. The molecule has 21 heavy (non-hydrogen) atoms. The number of amides is 2. The second kappa shape index (κ2) is 6.64. The van der Waals surface area contributed by atoms with Gasteiger partial charge in [0.1, 0.15) is 0 Å². The van der Waals surface area contributed by atoms with Crippen LogP contribution >= 0.6 is 15.9 Å². The van der Waals surface area contributed by atoms with E-state index < -0.39 is 0 Å². The minimum atomic E-state index is -0.285. The van der Waals surface area contributed by atoms with Crippen LogP contribution in [-0.4, -0.2) is 48.3 Å². The summed E-state index contributed by atoms with van der Waals surface area (Å²) in [5.41, 5.74) is 0. The number of piperidine rings is 1. The Hall–Kier alpha value is -1.30. The zero-order chi connectivity index (χ0) is 15.6. The van der Waals surface area contributed by atoms with Crippen molar-refractivity contribution in [3.63, 3.8) is 0 Å². The van der Waals surface area contributed by atoms with Crippen LogP contribution in [0.5, 0.6) is 0 Å². The first-order valence-electron chi connectivity index (χ1n) is 7.15. The van der Waals surface area contributed by atoms with Crippen LogP contribution in [0.4, 0.5) is 0 Å². The molecule has 5 nitrogen and oxygen atoms in total. The smallest absolute Gasteiger partial charge is 0.289 e.